The highest BCUT2D eigenvalue weighted by atomic mass is 16.3. The molecule has 11 rings (SSSR count). The Kier molecular flexibility index (Phi) is 5.08. The number of benzene rings is 7. The van der Waals surface area contributed by atoms with E-state index in [1.165, 1.54) is 55.0 Å². The Bertz CT molecular complexity index is 2990. The molecule has 0 aliphatic carbocycles. The van der Waals surface area contributed by atoms with Crippen molar-refractivity contribution in [3.8, 4) is 11.1 Å². The van der Waals surface area contributed by atoms with Crippen molar-refractivity contribution in [3.05, 3.63) is 164 Å². The molecule has 11 aromatic rings. The number of imidazole rings is 1. The van der Waals surface area contributed by atoms with Gasteiger partial charge in [-0.15, -0.1) is 0 Å². The summed E-state index contributed by atoms with van der Waals surface area (Å²) in [6.07, 6.45) is 0. The van der Waals surface area contributed by atoms with Crippen molar-refractivity contribution in [2.75, 3.05) is 4.90 Å². The lowest BCUT2D eigenvalue weighted by Gasteiger charge is -2.26. The molecule has 224 valence electrons. The quantitative estimate of drug-likeness (QED) is 0.197. The number of nitrogens with zero attached hydrogens (tertiary/aromatic N) is 3. The highest BCUT2D eigenvalue weighted by Gasteiger charge is 2.24. The van der Waals surface area contributed by atoms with Gasteiger partial charge in [0.15, 0.2) is 0 Å². The number of hydrogen-bond donors (Lipinski definition) is 0. The van der Waals surface area contributed by atoms with Crippen LogP contribution in [0.25, 0.3) is 76.9 Å². The second-order valence-corrected chi connectivity index (χ2v) is 12.6. The van der Waals surface area contributed by atoms with Crippen LogP contribution in [0.2, 0.25) is 0 Å². The van der Waals surface area contributed by atoms with Gasteiger partial charge in [0, 0.05) is 32.9 Å². The van der Waals surface area contributed by atoms with Crippen molar-refractivity contribution in [2.24, 2.45) is 0 Å². The van der Waals surface area contributed by atoms with E-state index in [0.29, 0.717) is 0 Å². The van der Waals surface area contributed by atoms with Crippen molar-refractivity contribution in [3.63, 3.8) is 0 Å². The number of para-hydroxylation sites is 3. The fraction of sp³-hybridized carbons (Fsp3) is 0. The van der Waals surface area contributed by atoms with Gasteiger partial charge >= 0.3 is 0 Å². The average Bonchev–Trinajstić information content (AvgIpc) is 3.88. The van der Waals surface area contributed by atoms with Crippen LogP contribution in [0.5, 0.6) is 0 Å². The maximum absolute atomic E-state index is 6.38. The van der Waals surface area contributed by atoms with Gasteiger partial charge in [0.1, 0.15) is 16.8 Å². The van der Waals surface area contributed by atoms with Crippen LogP contribution in [0.4, 0.5) is 17.1 Å². The summed E-state index contributed by atoms with van der Waals surface area (Å²) in [5, 5.41) is 6.08. The van der Waals surface area contributed by atoms with Gasteiger partial charge in [0.25, 0.3) is 0 Å². The van der Waals surface area contributed by atoms with Crippen LogP contribution in [0.1, 0.15) is 0 Å². The molecule has 0 bridgehead atoms. The third-order valence-electron chi connectivity index (χ3n) is 10.0. The van der Waals surface area contributed by atoms with Crippen molar-refractivity contribution < 1.29 is 4.42 Å². The van der Waals surface area contributed by atoms with Crippen LogP contribution in [0.3, 0.4) is 0 Å². The molecule has 0 saturated heterocycles. The molecule has 0 aliphatic heterocycles. The highest BCUT2D eigenvalue weighted by Crippen LogP contribution is 2.46. The smallest absolute Gasteiger partial charge is 0.137 e. The summed E-state index contributed by atoms with van der Waals surface area (Å²) in [7, 11) is 0. The molecular weight excluding hydrogens is 587 g/mol. The third kappa shape index (κ3) is 3.38. The molecule has 0 radical (unpaired) electrons. The Hall–Kier alpha value is -6.52. The van der Waals surface area contributed by atoms with Crippen LogP contribution >= 0.6 is 0 Å². The lowest BCUT2D eigenvalue weighted by atomic mass is 10.0. The van der Waals surface area contributed by atoms with Gasteiger partial charge in [0.2, 0.25) is 0 Å². The number of aromatic nitrogens is 2. The predicted octanol–water partition coefficient (Wildman–Crippen LogP) is 12.1. The lowest BCUT2D eigenvalue weighted by Crippen LogP contribution is -2.10. The molecule has 0 aliphatic rings. The zero-order valence-electron chi connectivity index (χ0n) is 25.8. The molecular formula is C44H27N3O. The van der Waals surface area contributed by atoms with Crippen LogP contribution in [0.15, 0.2) is 168 Å². The zero-order chi connectivity index (χ0) is 31.3. The van der Waals surface area contributed by atoms with E-state index in [1.54, 1.807) is 0 Å². The maximum Gasteiger partial charge on any atom is 0.137 e. The van der Waals surface area contributed by atoms with E-state index in [4.69, 9.17) is 4.42 Å². The second kappa shape index (κ2) is 9.50. The Labute approximate surface area is 275 Å². The number of anilines is 3. The molecule has 4 aromatic heterocycles. The minimum atomic E-state index is 0.876. The van der Waals surface area contributed by atoms with E-state index in [1.807, 2.05) is 6.07 Å². The van der Waals surface area contributed by atoms with Crippen molar-refractivity contribution in [1.29, 1.82) is 0 Å². The first-order valence-electron chi connectivity index (χ1n) is 16.4. The van der Waals surface area contributed by atoms with E-state index in [0.717, 1.165) is 39.0 Å². The Morgan fingerprint density at radius 2 is 1.00 bits per heavy atom. The number of furan rings is 1. The van der Waals surface area contributed by atoms with Crippen LogP contribution in [-0.4, -0.2) is 8.80 Å². The summed E-state index contributed by atoms with van der Waals surface area (Å²) in [4.78, 5) is 2.38. The van der Waals surface area contributed by atoms with Gasteiger partial charge in [-0.25, -0.2) is 0 Å². The fourth-order valence-electron chi connectivity index (χ4n) is 8.01. The minimum absolute atomic E-state index is 0.876. The summed E-state index contributed by atoms with van der Waals surface area (Å²) in [5.41, 5.74) is 13.4. The van der Waals surface area contributed by atoms with Gasteiger partial charge in [-0.3, -0.25) is 8.80 Å². The molecule has 4 heteroatoms. The maximum atomic E-state index is 6.38. The van der Waals surface area contributed by atoms with Gasteiger partial charge in [-0.1, -0.05) is 103 Å². The van der Waals surface area contributed by atoms with E-state index < -0.39 is 0 Å². The number of hydrogen-bond acceptors (Lipinski definition) is 2. The molecule has 7 aromatic carbocycles. The topological polar surface area (TPSA) is 25.2 Å². The first-order chi connectivity index (χ1) is 23.8. The van der Waals surface area contributed by atoms with Gasteiger partial charge in [-0.2, -0.15) is 0 Å². The molecule has 4 nitrogen and oxygen atoms in total. The largest absolute Gasteiger partial charge is 0.456 e. The summed E-state index contributed by atoms with van der Waals surface area (Å²) < 4.78 is 11.3. The molecule has 0 amide bonds. The van der Waals surface area contributed by atoms with Gasteiger partial charge in [0.05, 0.1) is 33.1 Å². The summed E-state index contributed by atoms with van der Waals surface area (Å²) in [6, 6.07) is 58.6. The van der Waals surface area contributed by atoms with Crippen molar-refractivity contribution in [1.82, 2.24) is 8.80 Å². The van der Waals surface area contributed by atoms with Crippen molar-refractivity contribution >= 4 is 82.9 Å². The third-order valence-corrected chi connectivity index (χ3v) is 10.0. The van der Waals surface area contributed by atoms with E-state index in [2.05, 4.69) is 171 Å². The SMILES string of the molecule is c1ccc(-c2ccc(N(c3ccc4c(c3)n3c5ccccc5c5c6ccccc6n4c53)c3cccc4oc5ccccc5c34)cc2)cc1. The lowest BCUT2D eigenvalue weighted by molar-refractivity contribution is 0.669. The van der Waals surface area contributed by atoms with Crippen LogP contribution in [-0.2, 0) is 0 Å². The average molecular weight is 614 g/mol. The van der Waals surface area contributed by atoms with Gasteiger partial charge in [-0.05, 0) is 71.8 Å². The second-order valence-electron chi connectivity index (χ2n) is 12.6. The monoisotopic (exact) mass is 613 g/mol. The molecule has 0 unspecified atom stereocenters. The summed E-state index contributed by atoms with van der Waals surface area (Å²) >= 11 is 0. The molecule has 4 heterocycles. The Morgan fingerprint density at radius 1 is 0.396 bits per heavy atom. The number of fused-ring (bicyclic) bond motifs is 12. The molecule has 0 spiro atoms. The molecule has 48 heavy (non-hydrogen) atoms. The zero-order valence-corrected chi connectivity index (χ0v) is 25.8. The molecule has 0 atom stereocenters. The first-order valence-corrected chi connectivity index (χ1v) is 16.4. The molecule has 0 fully saturated rings. The Morgan fingerprint density at radius 3 is 1.77 bits per heavy atom. The van der Waals surface area contributed by atoms with Crippen LogP contribution < -0.4 is 4.90 Å². The van der Waals surface area contributed by atoms with E-state index in [9.17, 15) is 0 Å². The fourth-order valence-corrected chi connectivity index (χ4v) is 8.01. The first kappa shape index (κ1) is 25.6. The standard InChI is InChI=1S/C44H27N3O/c1-2-11-28(12-3-1)29-21-23-30(24-22-29)45(38-18-10-20-41-43(38)34-15-6-9-19-40(34)48-41)31-25-26-37-39(27-31)47-36-17-8-5-14-33(36)42-32-13-4-7-16-35(32)46(37)44(42)47/h1-27H. The van der Waals surface area contributed by atoms with E-state index >= 15 is 0 Å². The molecule has 0 N–H and O–H groups in total. The summed E-state index contributed by atoms with van der Waals surface area (Å²) in [6.45, 7) is 0. The normalized spacial score (nSPS) is 12.2. The molecule has 0 saturated carbocycles. The van der Waals surface area contributed by atoms with Crippen molar-refractivity contribution in [2.45, 2.75) is 0 Å². The minimum Gasteiger partial charge on any atom is -0.456 e. The highest BCUT2D eigenvalue weighted by molar-refractivity contribution is 6.24. The Balaban J connectivity index is 1.22. The van der Waals surface area contributed by atoms with Gasteiger partial charge < -0.3 is 9.32 Å². The predicted molar refractivity (Wildman–Crippen MR) is 199 cm³/mol. The van der Waals surface area contributed by atoms with E-state index in [-0.39, 0.29) is 0 Å². The summed E-state index contributed by atoms with van der Waals surface area (Å²) in [5.74, 6) is 0. The van der Waals surface area contributed by atoms with Crippen LogP contribution in [0, 0.1) is 0 Å². The number of rotatable bonds is 4.